The fraction of sp³-hybridized carbons (Fsp3) is 0.250. The summed E-state index contributed by atoms with van der Waals surface area (Å²) in [5.74, 6) is 0.480. The molecular formula is C20H17F2N7O. The molecular weight excluding hydrogens is 392 g/mol. The molecule has 0 bridgehead atoms. The van der Waals surface area contributed by atoms with Crippen molar-refractivity contribution >= 4 is 17.0 Å². The minimum absolute atomic E-state index is 0.0994. The fourth-order valence-electron chi connectivity index (χ4n) is 3.39. The molecule has 0 saturated carbocycles. The number of anilines is 1. The maximum Gasteiger partial charge on any atom is 0.296 e. The molecule has 30 heavy (non-hydrogen) atoms. The highest BCUT2D eigenvalue weighted by atomic mass is 19.3. The van der Waals surface area contributed by atoms with Crippen LogP contribution < -0.4 is 4.90 Å². The number of pyridine rings is 1. The van der Waals surface area contributed by atoms with Crippen molar-refractivity contribution in [2.45, 2.75) is 6.43 Å². The number of alkyl halides is 2. The molecule has 1 aromatic carbocycles. The summed E-state index contributed by atoms with van der Waals surface area (Å²) in [7, 11) is 0. The van der Waals surface area contributed by atoms with Gasteiger partial charge in [0.05, 0.1) is 24.2 Å². The number of nitrogens with zero attached hydrogens (tertiary/aromatic N) is 7. The van der Waals surface area contributed by atoms with Gasteiger partial charge < -0.3 is 9.64 Å². The highest BCUT2D eigenvalue weighted by Crippen LogP contribution is 2.28. The first-order valence-corrected chi connectivity index (χ1v) is 9.46. The Morgan fingerprint density at radius 3 is 2.37 bits per heavy atom. The number of hydrogen-bond donors (Lipinski definition) is 0. The SMILES string of the molecule is FC(F)c1nc2ccccc2n1-c1nc(-c2ccncc2)nc(N2CCOCC2)n1. The Labute approximate surface area is 170 Å². The van der Waals surface area contributed by atoms with Gasteiger partial charge in [0.25, 0.3) is 6.43 Å². The van der Waals surface area contributed by atoms with Gasteiger partial charge in [-0.2, -0.15) is 15.0 Å². The quantitative estimate of drug-likeness (QED) is 0.512. The summed E-state index contributed by atoms with van der Waals surface area (Å²) in [6, 6.07) is 10.5. The van der Waals surface area contributed by atoms with Crippen LogP contribution in [0.5, 0.6) is 0 Å². The van der Waals surface area contributed by atoms with Crippen LogP contribution >= 0.6 is 0 Å². The minimum Gasteiger partial charge on any atom is -0.378 e. The standard InChI is InChI=1S/C20H17F2N7O/c21-16(22)18-24-14-3-1-2-4-15(14)29(18)20-26-17(13-5-7-23-8-6-13)25-19(27-20)28-9-11-30-12-10-28/h1-8,16H,9-12H2. The lowest BCUT2D eigenvalue weighted by atomic mass is 10.2. The predicted octanol–water partition coefficient (Wildman–Crippen LogP) is 3.05. The van der Waals surface area contributed by atoms with Crippen LogP contribution in [0.25, 0.3) is 28.4 Å². The van der Waals surface area contributed by atoms with Crippen LogP contribution in [0.4, 0.5) is 14.7 Å². The van der Waals surface area contributed by atoms with Gasteiger partial charge >= 0.3 is 0 Å². The number of halogens is 2. The van der Waals surface area contributed by atoms with Crippen LogP contribution in [-0.4, -0.2) is 55.8 Å². The zero-order valence-electron chi connectivity index (χ0n) is 15.8. The van der Waals surface area contributed by atoms with Gasteiger partial charge in [0.1, 0.15) is 0 Å². The fourth-order valence-corrected chi connectivity index (χ4v) is 3.39. The lowest BCUT2D eigenvalue weighted by Gasteiger charge is -2.27. The van der Waals surface area contributed by atoms with E-state index in [-0.39, 0.29) is 5.95 Å². The highest BCUT2D eigenvalue weighted by Gasteiger charge is 2.24. The molecule has 3 aromatic heterocycles. The Bertz CT molecular complexity index is 1180. The van der Waals surface area contributed by atoms with Gasteiger partial charge in [0, 0.05) is 31.0 Å². The molecule has 0 aliphatic carbocycles. The van der Waals surface area contributed by atoms with Crippen molar-refractivity contribution in [1.82, 2.24) is 29.5 Å². The second-order valence-electron chi connectivity index (χ2n) is 6.69. The highest BCUT2D eigenvalue weighted by molar-refractivity contribution is 5.77. The molecule has 0 radical (unpaired) electrons. The van der Waals surface area contributed by atoms with E-state index in [1.165, 1.54) is 4.57 Å². The summed E-state index contributed by atoms with van der Waals surface area (Å²) in [5, 5.41) is 0. The number of morpholine rings is 1. The van der Waals surface area contributed by atoms with Gasteiger partial charge in [-0.3, -0.25) is 9.55 Å². The zero-order chi connectivity index (χ0) is 20.5. The van der Waals surface area contributed by atoms with Crippen LogP contribution in [0.1, 0.15) is 12.2 Å². The van der Waals surface area contributed by atoms with Crippen molar-refractivity contribution in [1.29, 1.82) is 0 Å². The van der Waals surface area contributed by atoms with E-state index in [2.05, 4.69) is 24.9 Å². The third-order valence-electron chi connectivity index (χ3n) is 4.83. The van der Waals surface area contributed by atoms with E-state index in [9.17, 15) is 8.78 Å². The molecule has 0 amide bonds. The molecule has 4 aromatic rings. The monoisotopic (exact) mass is 409 g/mol. The summed E-state index contributed by atoms with van der Waals surface area (Å²) in [4.78, 5) is 23.7. The summed E-state index contributed by atoms with van der Waals surface area (Å²) < 4.78 is 34.4. The molecule has 10 heteroatoms. The summed E-state index contributed by atoms with van der Waals surface area (Å²) in [6.45, 7) is 2.29. The maximum absolute atomic E-state index is 13.8. The molecule has 4 heterocycles. The van der Waals surface area contributed by atoms with E-state index in [1.807, 2.05) is 4.90 Å². The van der Waals surface area contributed by atoms with E-state index in [4.69, 9.17) is 4.74 Å². The number of benzene rings is 1. The second kappa shape index (κ2) is 7.71. The van der Waals surface area contributed by atoms with Gasteiger partial charge in [-0.1, -0.05) is 12.1 Å². The maximum atomic E-state index is 13.8. The third-order valence-corrected chi connectivity index (χ3v) is 4.83. The number of imidazole rings is 1. The first-order valence-electron chi connectivity index (χ1n) is 9.46. The number of fused-ring (bicyclic) bond motifs is 1. The molecule has 0 N–H and O–H groups in total. The first-order chi connectivity index (χ1) is 14.7. The molecule has 1 fully saturated rings. The molecule has 1 aliphatic rings. The van der Waals surface area contributed by atoms with Crippen LogP contribution in [0.15, 0.2) is 48.8 Å². The Morgan fingerprint density at radius 2 is 1.60 bits per heavy atom. The average Bonchev–Trinajstić information content (AvgIpc) is 3.20. The van der Waals surface area contributed by atoms with Gasteiger partial charge in [0.15, 0.2) is 11.6 Å². The second-order valence-corrected chi connectivity index (χ2v) is 6.69. The first kappa shape index (κ1) is 18.5. The lowest BCUT2D eigenvalue weighted by molar-refractivity contribution is 0.122. The molecule has 0 atom stereocenters. The van der Waals surface area contributed by atoms with Gasteiger partial charge in [-0.05, 0) is 24.3 Å². The number of para-hydroxylation sites is 2. The molecule has 1 aliphatic heterocycles. The van der Waals surface area contributed by atoms with Crippen LogP contribution in [0, 0.1) is 0 Å². The van der Waals surface area contributed by atoms with Crippen molar-refractivity contribution in [3.63, 3.8) is 0 Å². The van der Waals surface area contributed by atoms with E-state index in [0.717, 1.165) is 0 Å². The van der Waals surface area contributed by atoms with E-state index in [1.54, 1.807) is 48.8 Å². The van der Waals surface area contributed by atoms with E-state index < -0.39 is 12.2 Å². The van der Waals surface area contributed by atoms with Crippen LogP contribution in [0.2, 0.25) is 0 Å². The van der Waals surface area contributed by atoms with E-state index in [0.29, 0.717) is 54.7 Å². The van der Waals surface area contributed by atoms with Crippen molar-refractivity contribution in [2.24, 2.45) is 0 Å². The van der Waals surface area contributed by atoms with Crippen molar-refractivity contribution in [2.75, 3.05) is 31.2 Å². The summed E-state index contributed by atoms with van der Waals surface area (Å²) in [5.41, 5.74) is 1.67. The number of ether oxygens (including phenoxy) is 1. The number of aromatic nitrogens is 6. The Hall–Kier alpha value is -3.53. The Kier molecular flexibility index (Phi) is 4.75. The normalized spacial score (nSPS) is 14.6. The minimum atomic E-state index is -2.79. The van der Waals surface area contributed by atoms with E-state index >= 15 is 0 Å². The third kappa shape index (κ3) is 3.35. The molecule has 5 rings (SSSR count). The molecule has 1 saturated heterocycles. The summed E-state index contributed by atoms with van der Waals surface area (Å²) in [6.07, 6.45) is 0.472. The number of rotatable bonds is 4. The van der Waals surface area contributed by atoms with Crippen molar-refractivity contribution in [3.05, 3.63) is 54.6 Å². The molecule has 152 valence electrons. The number of hydrogen-bond acceptors (Lipinski definition) is 7. The smallest absolute Gasteiger partial charge is 0.296 e. The zero-order valence-corrected chi connectivity index (χ0v) is 15.8. The predicted molar refractivity (Wildman–Crippen MR) is 106 cm³/mol. The average molecular weight is 409 g/mol. The molecule has 0 unspecified atom stereocenters. The van der Waals surface area contributed by atoms with Gasteiger partial charge in [-0.15, -0.1) is 0 Å². The topological polar surface area (TPSA) is 81.9 Å². The van der Waals surface area contributed by atoms with Crippen molar-refractivity contribution < 1.29 is 13.5 Å². The Morgan fingerprint density at radius 1 is 0.867 bits per heavy atom. The molecule has 8 nitrogen and oxygen atoms in total. The molecule has 0 spiro atoms. The van der Waals surface area contributed by atoms with Gasteiger partial charge in [0.2, 0.25) is 11.9 Å². The Balaban J connectivity index is 1.74. The van der Waals surface area contributed by atoms with Crippen LogP contribution in [-0.2, 0) is 4.74 Å². The van der Waals surface area contributed by atoms with Crippen LogP contribution in [0.3, 0.4) is 0 Å². The largest absolute Gasteiger partial charge is 0.378 e. The van der Waals surface area contributed by atoms with Crippen molar-refractivity contribution in [3.8, 4) is 17.3 Å². The lowest BCUT2D eigenvalue weighted by Crippen LogP contribution is -2.37. The van der Waals surface area contributed by atoms with Gasteiger partial charge in [-0.25, -0.2) is 13.8 Å². The summed E-state index contributed by atoms with van der Waals surface area (Å²) >= 11 is 0.